The van der Waals surface area contributed by atoms with Crippen molar-refractivity contribution in [2.45, 2.75) is 31.0 Å². The summed E-state index contributed by atoms with van der Waals surface area (Å²) in [5, 5.41) is 7.52. The number of nitrogens with zero attached hydrogens (tertiary/aromatic N) is 6. The Labute approximate surface area is 189 Å². The minimum absolute atomic E-state index is 0.0100. The quantitative estimate of drug-likeness (QED) is 0.533. The van der Waals surface area contributed by atoms with Gasteiger partial charge in [0.05, 0.1) is 6.20 Å². The molecule has 34 heavy (non-hydrogen) atoms. The molecular formula is C20H19F6N7O. The zero-order valence-corrected chi connectivity index (χ0v) is 17.5. The van der Waals surface area contributed by atoms with Crippen molar-refractivity contribution in [3.05, 3.63) is 36.7 Å². The van der Waals surface area contributed by atoms with Gasteiger partial charge in [-0.25, -0.2) is 18.9 Å². The van der Waals surface area contributed by atoms with Gasteiger partial charge in [-0.05, 0) is 36.8 Å². The minimum atomic E-state index is -5.72. The summed E-state index contributed by atoms with van der Waals surface area (Å²) in [6.07, 6.45) is -0.00681. The van der Waals surface area contributed by atoms with E-state index in [1.807, 2.05) is 4.90 Å². The van der Waals surface area contributed by atoms with Crippen LogP contribution in [-0.4, -0.2) is 62.4 Å². The van der Waals surface area contributed by atoms with Crippen LogP contribution in [0.5, 0.6) is 5.75 Å². The predicted octanol–water partition coefficient (Wildman–Crippen LogP) is 3.56. The SMILES string of the molecule is Fc1cncnc1N1C[C@H]2CC[C@@H](C1)[C@@H]2Nc1nc2c(OCC(F)(F)C(F)(F)F)cccn2n1. The summed E-state index contributed by atoms with van der Waals surface area (Å²) in [5.74, 6) is -4.97. The third kappa shape index (κ3) is 4.05. The summed E-state index contributed by atoms with van der Waals surface area (Å²) in [4.78, 5) is 13.9. The molecule has 1 saturated heterocycles. The number of hydrogen-bond donors (Lipinski definition) is 1. The molecule has 3 aromatic rings. The molecule has 182 valence electrons. The molecule has 5 rings (SSSR count). The molecule has 14 heteroatoms. The van der Waals surface area contributed by atoms with Crippen LogP contribution >= 0.6 is 0 Å². The van der Waals surface area contributed by atoms with Gasteiger partial charge in [-0.15, -0.1) is 5.10 Å². The Hall–Kier alpha value is -3.32. The van der Waals surface area contributed by atoms with Crippen LogP contribution in [0.2, 0.25) is 0 Å². The average Bonchev–Trinajstić information content (AvgIpc) is 3.28. The Morgan fingerprint density at radius 2 is 1.85 bits per heavy atom. The summed E-state index contributed by atoms with van der Waals surface area (Å²) in [6.45, 7) is -0.735. The zero-order valence-electron chi connectivity index (χ0n) is 17.5. The number of alkyl halides is 5. The second-order valence-electron chi connectivity index (χ2n) is 8.43. The van der Waals surface area contributed by atoms with Gasteiger partial charge < -0.3 is 15.0 Å². The molecule has 3 aromatic heterocycles. The molecule has 1 aliphatic heterocycles. The Bertz CT molecular complexity index is 1170. The topological polar surface area (TPSA) is 80.5 Å². The van der Waals surface area contributed by atoms with Gasteiger partial charge in [0, 0.05) is 25.3 Å². The van der Waals surface area contributed by atoms with Crippen LogP contribution < -0.4 is 15.0 Å². The van der Waals surface area contributed by atoms with Gasteiger partial charge in [0.1, 0.15) is 6.33 Å². The van der Waals surface area contributed by atoms with Crippen molar-refractivity contribution >= 4 is 17.4 Å². The van der Waals surface area contributed by atoms with E-state index in [0.29, 0.717) is 13.1 Å². The monoisotopic (exact) mass is 487 g/mol. The summed E-state index contributed by atoms with van der Waals surface area (Å²) >= 11 is 0. The van der Waals surface area contributed by atoms with Gasteiger partial charge in [-0.3, -0.25) is 0 Å². The van der Waals surface area contributed by atoms with Crippen LogP contribution in [0.4, 0.5) is 38.1 Å². The van der Waals surface area contributed by atoms with Gasteiger partial charge in [0.25, 0.3) is 0 Å². The molecule has 4 heterocycles. The van der Waals surface area contributed by atoms with E-state index in [1.54, 1.807) is 0 Å². The van der Waals surface area contributed by atoms with Gasteiger partial charge in [0.15, 0.2) is 29.6 Å². The van der Waals surface area contributed by atoms with E-state index in [2.05, 4.69) is 25.4 Å². The normalized spacial score (nSPS) is 22.9. The number of fused-ring (bicyclic) bond motifs is 3. The van der Waals surface area contributed by atoms with Crippen molar-refractivity contribution in [3.63, 3.8) is 0 Å². The Morgan fingerprint density at radius 3 is 2.53 bits per heavy atom. The van der Waals surface area contributed by atoms with Crippen molar-refractivity contribution in [1.82, 2.24) is 24.6 Å². The fourth-order valence-electron chi connectivity index (χ4n) is 4.62. The first-order valence-corrected chi connectivity index (χ1v) is 10.5. The molecule has 0 radical (unpaired) electrons. The largest absolute Gasteiger partial charge is 0.483 e. The number of nitrogens with one attached hydrogen (secondary N) is 1. The van der Waals surface area contributed by atoms with E-state index in [1.165, 1.54) is 29.2 Å². The van der Waals surface area contributed by atoms with Crippen LogP contribution in [0.15, 0.2) is 30.9 Å². The number of aromatic nitrogens is 5. The highest BCUT2D eigenvalue weighted by atomic mass is 19.4. The lowest BCUT2D eigenvalue weighted by atomic mass is 9.92. The molecule has 3 atom stereocenters. The maximum absolute atomic E-state index is 14.1. The molecule has 2 fully saturated rings. The number of ether oxygens (including phenoxy) is 1. The van der Waals surface area contributed by atoms with Gasteiger partial charge in [0.2, 0.25) is 5.95 Å². The zero-order chi connectivity index (χ0) is 24.1. The number of pyridine rings is 1. The van der Waals surface area contributed by atoms with Gasteiger partial charge in [-0.2, -0.15) is 26.9 Å². The first-order valence-electron chi connectivity index (χ1n) is 10.5. The van der Waals surface area contributed by atoms with E-state index in [-0.39, 0.29) is 41.0 Å². The van der Waals surface area contributed by atoms with E-state index in [4.69, 9.17) is 4.74 Å². The Kier molecular flexibility index (Phi) is 5.40. The van der Waals surface area contributed by atoms with Crippen molar-refractivity contribution in [2.75, 3.05) is 29.9 Å². The second kappa shape index (κ2) is 8.17. The highest BCUT2D eigenvalue weighted by molar-refractivity contribution is 5.56. The number of anilines is 2. The summed E-state index contributed by atoms with van der Waals surface area (Å²) < 4.78 is 84.0. The smallest absolute Gasteiger partial charge is 0.456 e. The van der Waals surface area contributed by atoms with Crippen molar-refractivity contribution in [1.29, 1.82) is 0 Å². The highest BCUT2D eigenvalue weighted by Crippen LogP contribution is 2.40. The molecule has 8 nitrogen and oxygen atoms in total. The number of rotatable bonds is 6. The Balaban J connectivity index is 1.31. The van der Waals surface area contributed by atoms with Crippen LogP contribution in [0.1, 0.15) is 12.8 Å². The summed E-state index contributed by atoms with van der Waals surface area (Å²) in [5.41, 5.74) is 0.0100. The molecule has 1 N–H and O–H groups in total. The molecule has 1 saturated carbocycles. The third-order valence-corrected chi connectivity index (χ3v) is 6.23. The maximum Gasteiger partial charge on any atom is 0.456 e. The fourth-order valence-corrected chi connectivity index (χ4v) is 4.62. The van der Waals surface area contributed by atoms with Crippen LogP contribution in [0.25, 0.3) is 5.65 Å². The van der Waals surface area contributed by atoms with Crippen LogP contribution in [-0.2, 0) is 0 Å². The van der Waals surface area contributed by atoms with Crippen molar-refractivity contribution < 1.29 is 31.1 Å². The molecule has 0 spiro atoms. The van der Waals surface area contributed by atoms with Crippen molar-refractivity contribution in [3.8, 4) is 5.75 Å². The van der Waals surface area contributed by atoms with Gasteiger partial charge >= 0.3 is 12.1 Å². The van der Waals surface area contributed by atoms with E-state index < -0.39 is 24.5 Å². The number of halogens is 6. The third-order valence-electron chi connectivity index (χ3n) is 6.23. The van der Waals surface area contributed by atoms with Crippen molar-refractivity contribution in [2.24, 2.45) is 11.8 Å². The lowest BCUT2D eigenvalue weighted by Crippen LogP contribution is -2.48. The molecule has 1 aliphatic carbocycles. The molecule has 2 aliphatic rings. The first kappa shape index (κ1) is 22.5. The Morgan fingerprint density at radius 1 is 1.12 bits per heavy atom. The fraction of sp³-hybridized carbons (Fsp3) is 0.500. The van der Waals surface area contributed by atoms with Crippen LogP contribution in [0.3, 0.4) is 0 Å². The molecule has 2 bridgehead atoms. The van der Waals surface area contributed by atoms with Crippen LogP contribution in [0, 0.1) is 17.7 Å². The second-order valence-corrected chi connectivity index (χ2v) is 8.43. The minimum Gasteiger partial charge on any atom is -0.483 e. The standard InChI is InChI=1S/C20H19F6N7O/c21-13-6-27-10-28-16(13)32-7-11-3-4-12(8-32)15(11)29-18-30-17-14(2-1-5-33(17)31-18)34-9-19(22,23)20(24,25)26/h1-2,5-6,10-12,15H,3-4,7-9H2,(H,29,31)/t11-,12+,15-. The van der Waals surface area contributed by atoms with E-state index in [0.717, 1.165) is 19.0 Å². The highest BCUT2D eigenvalue weighted by Gasteiger charge is 2.58. The molecule has 0 aromatic carbocycles. The molecule has 0 unspecified atom stereocenters. The summed E-state index contributed by atoms with van der Waals surface area (Å²) in [6, 6.07) is 2.64. The lowest BCUT2D eigenvalue weighted by Gasteiger charge is -2.38. The first-order chi connectivity index (χ1) is 16.1. The molecular weight excluding hydrogens is 468 g/mol. The average molecular weight is 487 g/mol. The van der Waals surface area contributed by atoms with Gasteiger partial charge in [-0.1, -0.05) is 0 Å². The molecule has 0 amide bonds. The summed E-state index contributed by atoms with van der Waals surface area (Å²) in [7, 11) is 0. The van der Waals surface area contributed by atoms with E-state index >= 15 is 0 Å². The number of piperidine rings is 1. The maximum atomic E-state index is 14.1. The van der Waals surface area contributed by atoms with E-state index in [9.17, 15) is 26.3 Å². The number of hydrogen-bond acceptors (Lipinski definition) is 7. The lowest BCUT2D eigenvalue weighted by molar-refractivity contribution is -0.289. The predicted molar refractivity (Wildman–Crippen MR) is 107 cm³/mol.